The van der Waals surface area contributed by atoms with Gasteiger partial charge in [-0.3, -0.25) is 0 Å². The minimum atomic E-state index is 0.394. The van der Waals surface area contributed by atoms with Crippen LogP contribution in [0.15, 0.2) is 0 Å². The SMILES string of the molecule is N#C[C@@H]1C[C@H]1I. The Kier molecular flexibility index (Phi) is 1.00. The van der Waals surface area contributed by atoms with Gasteiger partial charge in [0.05, 0.1) is 12.0 Å². The van der Waals surface area contributed by atoms with Crippen molar-refractivity contribution in [1.82, 2.24) is 0 Å². The molecule has 0 radical (unpaired) electrons. The van der Waals surface area contributed by atoms with Gasteiger partial charge in [0.25, 0.3) is 0 Å². The first-order valence-electron chi connectivity index (χ1n) is 1.88. The summed E-state index contributed by atoms with van der Waals surface area (Å²) in [5.74, 6) is 0.394. The van der Waals surface area contributed by atoms with Crippen LogP contribution in [0.5, 0.6) is 0 Å². The topological polar surface area (TPSA) is 23.8 Å². The molecule has 1 rings (SSSR count). The number of nitriles is 1. The highest BCUT2D eigenvalue weighted by molar-refractivity contribution is 14.1. The number of rotatable bonds is 0. The summed E-state index contributed by atoms with van der Waals surface area (Å²) >= 11 is 2.29. The van der Waals surface area contributed by atoms with Crippen molar-refractivity contribution in [1.29, 1.82) is 5.26 Å². The van der Waals surface area contributed by atoms with Crippen molar-refractivity contribution >= 4 is 22.6 Å². The van der Waals surface area contributed by atoms with Crippen molar-refractivity contribution in [3.63, 3.8) is 0 Å². The second kappa shape index (κ2) is 1.38. The third-order valence-electron chi connectivity index (χ3n) is 0.878. The minimum absolute atomic E-state index is 0.394. The van der Waals surface area contributed by atoms with Gasteiger partial charge in [-0.1, -0.05) is 22.6 Å². The van der Waals surface area contributed by atoms with Gasteiger partial charge in [0.1, 0.15) is 0 Å². The van der Waals surface area contributed by atoms with Crippen LogP contribution < -0.4 is 0 Å². The van der Waals surface area contributed by atoms with Gasteiger partial charge in [-0.05, 0) is 6.42 Å². The summed E-state index contributed by atoms with van der Waals surface area (Å²) in [5.41, 5.74) is 0. The first kappa shape index (κ1) is 4.38. The fourth-order valence-corrected chi connectivity index (χ4v) is 1.01. The Hall–Kier alpha value is 0.220. The Morgan fingerprint density at radius 3 is 2.33 bits per heavy atom. The molecule has 1 nitrogen and oxygen atoms in total. The summed E-state index contributed by atoms with van der Waals surface area (Å²) < 4.78 is 0.674. The third-order valence-corrected chi connectivity index (χ3v) is 2.26. The molecule has 0 aromatic rings. The standard InChI is InChI=1S/C4H4IN/c5-4-1-3(4)2-6/h3-4H,1H2/t3-,4+/m0/s1. The summed E-state index contributed by atoms with van der Waals surface area (Å²) in [6, 6.07) is 2.18. The molecular weight excluding hydrogens is 189 g/mol. The third kappa shape index (κ3) is 0.648. The molecule has 1 saturated carbocycles. The van der Waals surface area contributed by atoms with Crippen molar-refractivity contribution in [3.8, 4) is 6.07 Å². The van der Waals surface area contributed by atoms with E-state index in [4.69, 9.17) is 5.26 Å². The van der Waals surface area contributed by atoms with E-state index in [1.807, 2.05) is 0 Å². The summed E-state index contributed by atoms with van der Waals surface area (Å²) in [6.45, 7) is 0. The Labute approximate surface area is 50.5 Å². The van der Waals surface area contributed by atoms with E-state index in [1.165, 1.54) is 0 Å². The maximum Gasteiger partial charge on any atom is 0.0667 e. The summed E-state index contributed by atoms with van der Waals surface area (Å²) in [7, 11) is 0. The van der Waals surface area contributed by atoms with Crippen LogP contribution in [-0.2, 0) is 0 Å². The minimum Gasteiger partial charge on any atom is -0.198 e. The molecule has 0 saturated heterocycles. The van der Waals surface area contributed by atoms with E-state index >= 15 is 0 Å². The number of alkyl halides is 1. The molecule has 0 spiro atoms. The fraction of sp³-hybridized carbons (Fsp3) is 0.750. The highest BCUT2D eigenvalue weighted by atomic mass is 127. The zero-order valence-corrected chi connectivity index (χ0v) is 5.34. The molecule has 2 heteroatoms. The lowest BCUT2D eigenvalue weighted by Crippen LogP contribution is -1.65. The molecular formula is C4H4IN. The highest BCUT2D eigenvalue weighted by Crippen LogP contribution is 2.36. The smallest absolute Gasteiger partial charge is 0.0667 e. The molecule has 0 unspecified atom stereocenters. The van der Waals surface area contributed by atoms with E-state index in [2.05, 4.69) is 28.7 Å². The van der Waals surface area contributed by atoms with Crippen molar-refractivity contribution in [3.05, 3.63) is 0 Å². The molecule has 0 bridgehead atoms. The number of halogens is 1. The van der Waals surface area contributed by atoms with Crippen molar-refractivity contribution in [2.24, 2.45) is 5.92 Å². The number of nitrogens with zero attached hydrogens (tertiary/aromatic N) is 1. The Bertz CT molecular complexity index is 94.2. The van der Waals surface area contributed by atoms with Gasteiger partial charge in [0.15, 0.2) is 0 Å². The molecule has 0 heterocycles. The fourth-order valence-electron chi connectivity index (χ4n) is 0.298. The molecule has 1 aliphatic rings. The van der Waals surface area contributed by atoms with Gasteiger partial charge in [0, 0.05) is 3.92 Å². The van der Waals surface area contributed by atoms with E-state index in [-0.39, 0.29) is 0 Å². The van der Waals surface area contributed by atoms with E-state index in [1.54, 1.807) is 0 Å². The van der Waals surface area contributed by atoms with Crippen LogP contribution in [0, 0.1) is 17.2 Å². The predicted molar refractivity (Wildman–Crippen MR) is 31.5 cm³/mol. The van der Waals surface area contributed by atoms with Crippen LogP contribution in [0.4, 0.5) is 0 Å². The van der Waals surface area contributed by atoms with Crippen LogP contribution >= 0.6 is 22.6 Å². The number of hydrogen-bond acceptors (Lipinski definition) is 1. The first-order chi connectivity index (χ1) is 2.84. The van der Waals surface area contributed by atoms with Gasteiger partial charge >= 0.3 is 0 Å². The monoisotopic (exact) mass is 193 g/mol. The molecule has 1 fully saturated rings. The summed E-state index contributed by atoms with van der Waals surface area (Å²) in [6.07, 6.45) is 1.12. The molecule has 0 aromatic carbocycles. The molecule has 0 aliphatic heterocycles. The molecule has 2 atom stereocenters. The van der Waals surface area contributed by atoms with Crippen LogP contribution in [0.1, 0.15) is 6.42 Å². The van der Waals surface area contributed by atoms with Crippen molar-refractivity contribution in [2.75, 3.05) is 0 Å². The lowest BCUT2D eigenvalue weighted by atomic mass is 10.5. The predicted octanol–water partition coefficient (Wildman–Crippen LogP) is 1.33. The van der Waals surface area contributed by atoms with E-state index in [9.17, 15) is 0 Å². The molecule has 32 valence electrons. The second-order valence-corrected chi connectivity index (χ2v) is 3.09. The van der Waals surface area contributed by atoms with Gasteiger partial charge in [-0.15, -0.1) is 0 Å². The Morgan fingerprint density at radius 2 is 2.33 bits per heavy atom. The maximum absolute atomic E-state index is 8.12. The normalized spacial score (nSPS) is 41.3. The van der Waals surface area contributed by atoms with E-state index in [0.717, 1.165) is 6.42 Å². The number of hydrogen-bond donors (Lipinski definition) is 0. The zero-order valence-electron chi connectivity index (χ0n) is 3.19. The van der Waals surface area contributed by atoms with Gasteiger partial charge < -0.3 is 0 Å². The Morgan fingerprint density at radius 1 is 1.83 bits per heavy atom. The van der Waals surface area contributed by atoms with Crippen LogP contribution in [0.25, 0.3) is 0 Å². The maximum atomic E-state index is 8.12. The average Bonchev–Trinajstić information content (AvgIpc) is 2.19. The summed E-state index contributed by atoms with van der Waals surface area (Å²) in [4.78, 5) is 0. The van der Waals surface area contributed by atoms with E-state index in [0.29, 0.717) is 9.84 Å². The van der Waals surface area contributed by atoms with Crippen LogP contribution in [0.2, 0.25) is 0 Å². The van der Waals surface area contributed by atoms with E-state index < -0.39 is 0 Å². The molecule has 0 aromatic heterocycles. The van der Waals surface area contributed by atoms with Gasteiger partial charge in [-0.25, -0.2) is 0 Å². The lowest BCUT2D eigenvalue weighted by molar-refractivity contribution is 1.15. The van der Waals surface area contributed by atoms with Crippen molar-refractivity contribution < 1.29 is 0 Å². The van der Waals surface area contributed by atoms with Gasteiger partial charge in [-0.2, -0.15) is 5.26 Å². The summed E-state index contributed by atoms with van der Waals surface area (Å²) in [5, 5.41) is 8.12. The van der Waals surface area contributed by atoms with Gasteiger partial charge in [0.2, 0.25) is 0 Å². The van der Waals surface area contributed by atoms with Crippen molar-refractivity contribution in [2.45, 2.75) is 10.3 Å². The molecule has 1 aliphatic carbocycles. The molecule has 0 amide bonds. The quantitative estimate of drug-likeness (QED) is 0.420. The highest BCUT2D eigenvalue weighted by Gasteiger charge is 2.34. The van der Waals surface area contributed by atoms with Crippen LogP contribution in [-0.4, -0.2) is 3.92 Å². The Balaban J connectivity index is 2.31. The van der Waals surface area contributed by atoms with Crippen LogP contribution in [0.3, 0.4) is 0 Å². The second-order valence-electron chi connectivity index (χ2n) is 1.49. The lowest BCUT2D eigenvalue weighted by Gasteiger charge is -1.62. The average molecular weight is 193 g/mol. The zero-order chi connectivity index (χ0) is 4.57. The molecule has 0 N–H and O–H groups in total. The largest absolute Gasteiger partial charge is 0.198 e. The first-order valence-corrected chi connectivity index (χ1v) is 3.13. The molecule has 6 heavy (non-hydrogen) atoms.